The van der Waals surface area contributed by atoms with Gasteiger partial charge in [-0.1, -0.05) is 23.7 Å². The number of hydrogen-bond acceptors (Lipinski definition) is 4. The number of aromatic nitrogens is 1. The molecule has 2 heterocycles. The molecule has 0 fully saturated rings. The van der Waals surface area contributed by atoms with Crippen LogP contribution in [0.3, 0.4) is 0 Å². The third kappa shape index (κ3) is 2.57. The molecule has 5 heteroatoms. The van der Waals surface area contributed by atoms with E-state index >= 15 is 0 Å². The summed E-state index contributed by atoms with van der Waals surface area (Å²) in [4.78, 5) is 17.1. The second-order valence-electron chi connectivity index (χ2n) is 5.09. The lowest BCUT2D eigenvalue weighted by Crippen LogP contribution is -2.10. The fourth-order valence-corrected chi connectivity index (χ4v) is 2.56. The Bertz CT molecular complexity index is 754. The van der Waals surface area contributed by atoms with E-state index < -0.39 is 6.10 Å². The number of Topliss-reactive ketones (excluding diaryl/α,β-unsaturated/α-hetero) is 1. The molecule has 22 heavy (non-hydrogen) atoms. The molecule has 4 nitrogen and oxygen atoms in total. The Labute approximate surface area is 133 Å². The minimum atomic E-state index is -0.669. The van der Waals surface area contributed by atoms with Crippen molar-refractivity contribution in [2.45, 2.75) is 13.0 Å². The molecule has 0 saturated carbocycles. The first-order valence-electron chi connectivity index (χ1n) is 6.91. The molecule has 1 aromatic carbocycles. The molecule has 1 aromatic heterocycles. The van der Waals surface area contributed by atoms with Gasteiger partial charge in [-0.15, -0.1) is 0 Å². The first kappa shape index (κ1) is 14.6. The Morgan fingerprint density at radius 3 is 2.59 bits per heavy atom. The molecule has 0 radical (unpaired) electrons. The van der Waals surface area contributed by atoms with Crippen molar-refractivity contribution in [1.82, 2.24) is 10.3 Å². The van der Waals surface area contributed by atoms with E-state index in [9.17, 15) is 4.79 Å². The normalized spacial score (nSPS) is 17.6. The van der Waals surface area contributed by atoms with Crippen molar-refractivity contribution in [1.29, 1.82) is 0 Å². The molecule has 0 aliphatic carbocycles. The van der Waals surface area contributed by atoms with Gasteiger partial charge < -0.3 is 10.1 Å². The molecule has 112 valence electrons. The van der Waals surface area contributed by atoms with Gasteiger partial charge in [0.1, 0.15) is 5.57 Å². The van der Waals surface area contributed by atoms with E-state index in [1.807, 2.05) is 19.1 Å². The zero-order valence-electron chi connectivity index (χ0n) is 12.3. The molecule has 2 aromatic rings. The summed E-state index contributed by atoms with van der Waals surface area (Å²) in [5, 5.41) is 3.57. The number of aryl methyl sites for hydroxylation is 1. The second-order valence-corrected chi connectivity index (χ2v) is 5.52. The van der Waals surface area contributed by atoms with E-state index in [2.05, 4.69) is 10.3 Å². The minimum absolute atomic E-state index is 0.107. The van der Waals surface area contributed by atoms with Gasteiger partial charge in [0.2, 0.25) is 11.7 Å². The van der Waals surface area contributed by atoms with Gasteiger partial charge in [-0.3, -0.25) is 9.78 Å². The molecule has 0 saturated heterocycles. The van der Waals surface area contributed by atoms with Crippen LogP contribution in [0.25, 0.3) is 5.57 Å². The summed E-state index contributed by atoms with van der Waals surface area (Å²) in [6.45, 7) is 1.96. The summed E-state index contributed by atoms with van der Waals surface area (Å²) in [5.74, 6) is 0.341. The molecule has 0 bridgehead atoms. The Morgan fingerprint density at radius 1 is 1.23 bits per heavy atom. The molecule has 1 aliphatic rings. The smallest absolute Gasteiger partial charge is 0.215 e. The van der Waals surface area contributed by atoms with Crippen LogP contribution in [-0.2, 0) is 9.53 Å². The van der Waals surface area contributed by atoms with Gasteiger partial charge in [0.15, 0.2) is 6.10 Å². The lowest BCUT2D eigenvalue weighted by atomic mass is 9.99. The molecular formula is C17H15ClN2O2. The molecule has 0 unspecified atom stereocenters. The zero-order chi connectivity index (χ0) is 15.7. The molecule has 1 atom stereocenters. The summed E-state index contributed by atoms with van der Waals surface area (Å²) in [7, 11) is 1.72. The molecule has 0 spiro atoms. The van der Waals surface area contributed by atoms with Gasteiger partial charge in [0.25, 0.3) is 0 Å². The van der Waals surface area contributed by atoms with E-state index in [4.69, 9.17) is 16.3 Å². The number of hydrogen-bond donors (Lipinski definition) is 1. The van der Waals surface area contributed by atoms with Crippen LogP contribution in [0, 0.1) is 6.92 Å². The minimum Gasteiger partial charge on any atom is -0.462 e. The number of halogens is 1. The van der Waals surface area contributed by atoms with Crippen LogP contribution >= 0.6 is 11.6 Å². The van der Waals surface area contributed by atoms with E-state index in [0.717, 1.165) is 11.1 Å². The second kappa shape index (κ2) is 5.81. The van der Waals surface area contributed by atoms with Crippen LogP contribution in [0.15, 0.2) is 48.5 Å². The Kier molecular flexibility index (Phi) is 3.86. The maximum Gasteiger partial charge on any atom is 0.215 e. The van der Waals surface area contributed by atoms with Gasteiger partial charge in [0, 0.05) is 23.8 Å². The molecular weight excluding hydrogens is 300 g/mol. The van der Waals surface area contributed by atoms with Gasteiger partial charge in [0.05, 0.1) is 5.69 Å². The van der Waals surface area contributed by atoms with Gasteiger partial charge in [-0.05, 0) is 36.8 Å². The highest BCUT2D eigenvalue weighted by molar-refractivity contribution is 6.30. The van der Waals surface area contributed by atoms with E-state index in [0.29, 0.717) is 22.2 Å². The summed E-state index contributed by atoms with van der Waals surface area (Å²) in [6, 6.07) is 10.8. The fraction of sp³-hybridized carbons (Fsp3) is 0.176. The van der Waals surface area contributed by atoms with Gasteiger partial charge in [-0.25, -0.2) is 0 Å². The first-order chi connectivity index (χ1) is 10.6. The van der Waals surface area contributed by atoms with Crippen LogP contribution in [0.4, 0.5) is 0 Å². The highest BCUT2D eigenvalue weighted by Gasteiger charge is 2.37. The Morgan fingerprint density at radius 2 is 1.95 bits per heavy atom. The van der Waals surface area contributed by atoms with Crippen LogP contribution in [0.2, 0.25) is 5.02 Å². The fourth-order valence-electron chi connectivity index (χ4n) is 2.43. The molecule has 3 rings (SSSR count). The number of pyridine rings is 1. The van der Waals surface area contributed by atoms with Crippen LogP contribution in [0.5, 0.6) is 0 Å². The topological polar surface area (TPSA) is 51.2 Å². The number of ether oxygens (including phenoxy) is 1. The number of benzene rings is 1. The maximum atomic E-state index is 12.8. The quantitative estimate of drug-likeness (QED) is 0.944. The maximum absolute atomic E-state index is 12.8. The summed E-state index contributed by atoms with van der Waals surface area (Å²) in [6.07, 6.45) is 1.02. The van der Waals surface area contributed by atoms with Crippen molar-refractivity contribution in [2.24, 2.45) is 0 Å². The summed E-state index contributed by atoms with van der Waals surface area (Å²) >= 11 is 5.89. The first-order valence-corrected chi connectivity index (χ1v) is 7.29. The number of rotatable bonds is 3. The van der Waals surface area contributed by atoms with Gasteiger partial charge in [-0.2, -0.15) is 0 Å². The number of ketones is 1. The van der Waals surface area contributed by atoms with Crippen molar-refractivity contribution in [3.8, 4) is 0 Å². The van der Waals surface area contributed by atoms with Crippen molar-refractivity contribution in [3.05, 3.63) is 70.3 Å². The van der Waals surface area contributed by atoms with Crippen molar-refractivity contribution in [3.63, 3.8) is 0 Å². The number of carbonyl (C=O) groups is 1. The third-order valence-corrected chi connectivity index (χ3v) is 3.77. The SMILES string of the molecule is CNC1=C(c2cc(C)ccn2)C(=O)[C@@H](c2ccc(Cl)cc2)O1. The highest BCUT2D eigenvalue weighted by Crippen LogP contribution is 2.36. The molecule has 1 aliphatic heterocycles. The van der Waals surface area contributed by atoms with Crippen molar-refractivity contribution < 1.29 is 9.53 Å². The largest absolute Gasteiger partial charge is 0.462 e. The molecule has 1 N–H and O–H groups in total. The lowest BCUT2D eigenvalue weighted by Gasteiger charge is -2.11. The summed E-state index contributed by atoms with van der Waals surface area (Å²) < 4.78 is 5.79. The van der Waals surface area contributed by atoms with E-state index in [-0.39, 0.29) is 5.78 Å². The standard InChI is InChI=1S/C17H15ClN2O2/c1-10-7-8-20-13(9-10)14-15(21)16(22-17(14)19-2)11-3-5-12(18)6-4-11/h3-9,16,19H,1-2H3/t16-/m1/s1. The number of nitrogens with one attached hydrogen (secondary N) is 1. The Hall–Kier alpha value is -2.33. The average molecular weight is 315 g/mol. The van der Waals surface area contributed by atoms with E-state index in [1.54, 1.807) is 37.5 Å². The number of nitrogens with zero attached hydrogens (tertiary/aromatic N) is 1. The summed E-state index contributed by atoms with van der Waals surface area (Å²) in [5.41, 5.74) is 2.90. The predicted molar refractivity (Wildman–Crippen MR) is 85.2 cm³/mol. The van der Waals surface area contributed by atoms with Crippen molar-refractivity contribution in [2.75, 3.05) is 7.05 Å². The van der Waals surface area contributed by atoms with Gasteiger partial charge >= 0.3 is 0 Å². The molecule has 0 amide bonds. The lowest BCUT2D eigenvalue weighted by molar-refractivity contribution is -0.120. The Balaban J connectivity index is 1.99. The monoisotopic (exact) mass is 314 g/mol. The van der Waals surface area contributed by atoms with E-state index in [1.165, 1.54) is 0 Å². The highest BCUT2D eigenvalue weighted by atomic mass is 35.5. The van der Waals surface area contributed by atoms with Crippen molar-refractivity contribution >= 4 is 23.0 Å². The zero-order valence-corrected chi connectivity index (χ0v) is 13.0. The predicted octanol–water partition coefficient (Wildman–Crippen LogP) is 3.27. The number of carbonyl (C=O) groups excluding carboxylic acids is 1. The van der Waals surface area contributed by atoms with Crippen LogP contribution in [-0.4, -0.2) is 17.8 Å². The third-order valence-electron chi connectivity index (χ3n) is 3.52. The van der Waals surface area contributed by atoms with Crippen LogP contribution in [0.1, 0.15) is 22.9 Å². The average Bonchev–Trinajstić information content (AvgIpc) is 2.85. The van der Waals surface area contributed by atoms with Crippen LogP contribution < -0.4 is 5.32 Å².